The van der Waals surface area contributed by atoms with Crippen LogP contribution in [-0.2, 0) is 19.6 Å². The van der Waals surface area contributed by atoms with E-state index < -0.39 is 27.6 Å². The molecule has 0 aliphatic carbocycles. The molecule has 11 heteroatoms. The molecule has 0 unspecified atom stereocenters. The summed E-state index contributed by atoms with van der Waals surface area (Å²) < 4.78 is 37.9. The molecule has 186 valence electrons. The molecular formula is C24H28N4O6S. The van der Waals surface area contributed by atoms with Crippen LogP contribution in [0.5, 0.6) is 5.75 Å². The lowest BCUT2D eigenvalue weighted by Gasteiger charge is -2.22. The number of rotatable bonds is 8. The Morgan fingerprint density at radius 2 is 1.83 bits per heavy atom. The smallest absolute Gasteiger partial charge is 0.362 e. The first-order valence-electron chi connectivity index (χ1n) is 11.2. The summed E-state index contributed by atoms with van der Waals surface area (Å²) >= 11 is 0. The summed E-state index contributed by atoms with van der Waals surface area (Å²) in [5.74, 6) is -1.05. The van der Waals surface area contributed by atoms with Crippen molar-refractivity contribution in [3.8, 4) is 5.75 Å². The summed E-state index contributed by atoms with van der Waals surface area (Å²) in [6, 6.07) is 14.3. The van der Waals surface area contributed by atoms with Gasteiger partial charge < -0.3 is 25.5 Å². The van der Waals surface area contributed by atoms with E-state index in [1.165, 1.54) is 30.3 Å². The van der Waals surface area contributed by atoms with Gasteiger partial charge in [0.2, 0.25) is 10.0 Å². The fraction of sp³-hybridized carbons (Fsp3) is 0.333. The molecule has 0 radical (unpaired) electrons. The predicted octanol–water partition coefficient (Wildman–Crippen LogP) is 1.88. The molecule has 0 spiro atoms. The zero-order valence-electron chi connectivity index (χ0n) is 19.2. The van der Waals surface area contributed by atoms with Crippen molar-refractivity contribution in [2.24, 2.45) is 11.7 Å². The molecule has 10 nitrogen and oxygen atoms in total. The summed E-state index contributed by atoms with van der Waals surface area (Å²) in [6.45, 7) is 3.71. The standard InChI is InChI=1S/C24H28N4O6S/c1-24(25,28-35(31,32)19-5-3-2-4-6-19)23(30)34-22(29)21-14-17-13-18(7-8-20(17)27-21)33-15-16-9-11-26-12-10-16/h2-8,13-14,16,26-28H,9-12,15,25H2,1H3/t24-/m0/s1. The van der Waals surface area contributed by atoms with E-state index >= 15 is 0 Å². The Kier molecular flexibility index (Phi) is 7.22. The Morgan fingerprint density at radius 3 is 2.54 bits per heavy atom. The Hall–Kier alpha value is -3.25. The number of H-pyrrole nitrogens is 1. The van der Waals surface area contributed by atoms with Crippen molar-refractivity contribution in [2.75, 3.05) is 19.7 Å². The number of carbonyl (C=O) groups excluding carboxylic acids is 2. The fourth-order valence-corrected chi connectivity index (χ4v) is 5.07. The van der Waals surface area contributed by atoms with Crippen LogP contribution in [0, 0.1) is 5.92 Å². The highest BCUT2D eigenvalue weighted by atomic mass is 32.2. The van der Waals surface area contributed by atoms with E-state index in [0.29, 0.717) is 29.2 Å². The number of aromatic amines is 1. The molecular weight excluding hydrogens is 472 g/mol. The topological polar surface area (TPSA) is 153 Å². The third-order valence-corrected chi connectivity index (χ3v) is 7.35. The molecule has 0 bridgehead atoms. The van der Waals surface area contributed by atoms with Crippen LogP contribution in [0.25, 0.3) is 10.9 Å². The van der Waals surface area contributed by atoms with E-state index in [1.54, 1.807) is 24.3 Å². The molecule has 4 rings (SSSR count). The fourth-order valence-electron chi connectivity index (χ4n) is 3.80. The van der Waals surface area contributed by atoms with Gasteiger partial charge in [-0.3, -0.25) is 0 Å². The second-order valence-corrected chi connectivity index (χ2v) is 10.4. The molecule has 1 aromatic heterocycles. The number of esters is 2. The number of piperidine rings is 1. The number of hydrogen-bond acceptors (Lipinski definition) is 8. The van der Waals surface area contributed by atoms with Crippen molar-refractivity contribution in [2.45, 2.75) is 30.3 Å². The number of hydrogen-bond donors (Lipinski definition) is 4. The number of ether oxygens (including phenoxy) is 2. The molecule has 2 heterocycles. The van der Waals surface area contributed by atoms with Gasteiger partial charge in [0.05, 0.1) is 11.5 Å². The van der Waals surface area contributed by atoms with Gasteiger partial charge in [-0.1, -0.05) is 18.2 Å². The maximum atomic E-state index is 12.6. The second kappa shape index (κ2) is 10.2. The van der Waals surface area contributed by atoms with Crippen molar-refractivity contribution in [3.05, 3.63) is 60.3 Å². The van der Waals surface area contributed by atoms with Gasteiger partial charge >= 0.3 is 11.9 Å². The van der Waals surface area contributed by atoms with Gasteiger partial charge in [0.1, 0.15) is 11.4 Å². The van der Waals surface area contributed by atoms with Gasteiger partial charge in [-0.2, -0.15) is 4.72 Å². The number of nitrogens with two attached hydrogens (primary N) is 1. The lowest BCUT2D eigenvalue weighted by molar-refractivity contribution is -0.144. The average molecular weight is 501 g/mol. The van der Waals surface area contributed by atoms with Crippen LogP contribution < -0.4 is 20.5 Å². The molecule has 0 amide bonds. The number of sulfonamides is 1. The molecule has 5 N–H and O–H groups in total. The van der Waals surface area contributed by atoms with Gasteiger partial charge in [0, 0.05) is 10.9 Å². The Morgan fingerprint density at radius 1 is 1.11 bits per heavy atom. The average Bonchev–Trinajstić information content (AvgIpc) is 3.27. The zero-order valence-corrected chi connectivity index (χ0v) is 20.1. The lowest BCUT2D eigenvalue weighted by atomic mass is 9.99. The monoisotopic (exact) mass is 500 g/mol. The molecule has 35 heavy (non-hydrogen) atoms. The Bertz CT molecular complexity index is 1310. The van der Waals surface area contributed by atoms with Crippen molar-refractivity contribution in [1.29, 1.82) is 0 Å². The summed E-state index contributed by atoms with van der Waals surface area (Å²) in [6.07, 6.45) is 2.13. The van der Waals surface area contributed by atoms with E-state index in [2.05, 4.69) is 15.0 Å². The summed E-state index contributed by atoms with van der Waals surface area (Å²) in [5.41, 5.74) is 4.35. The van der Waals surface area contributed by atoms with Crippen LogP contribution in [0.4, 0.5) is 0 Å². The van der Waals surface area contributed by atoms with Crippen LogP contribution in [0.1, 0.15) is 30.3 Å². The minimum atomic E-state index is -4.11. The van der Waals surface area contributed by atoms with Gasteiger partial charge in [-0.25, -0.2) is 18.0 Å². The van der Waals surface area contributed by atoms with Gasteiger partial charge in [-0.15, -0.1) is 0 Å². The number of aromatic nitrogens is 1. The molecule has 1 atom stereocenters. The maximum Gasteiger partial charge on any atom is 0.362 e. The largest absolute Gasteiger partial charge is 0.493 e. The van der Waals surface area contributed by atoms with E-state index in [4.69, 9.17) is 15.2 Å². The zero-order chi connectivity index (χ0) is 25.1. The maximum absolute atomic E-state index is 12.6. The minimum Gasteiger partial charge on any atom is -0.493 e. The van der Waals surface area contributed by atoms with Crippen molar-refractivity contribution in [3.63, 3.8) is 0 Å². The second-order valence-electron chi connectivity index (χ2n) is 8.73. The van der Waals surface area contributed by atoms with Gasteiger partial charge in [0.25, 0.3) is 0 Å². The van der Waals surface area contributed by atoms with Crippen molar-refractivity contribution < 1.29 is 27.5 Å². The number of nitrogens with one attached hydrogen (secondary N) is 3. The third kappa shape index (κ3) is 6.06. The Balaban J connectivity index is 1.40. The van der Waals surface area contributed by atoms with Crippen LogP contribution in [0.3, 0.4) is 0 Å². The molecule has 1 fully saturated rings. The van der Waals surface area contributed by atoms with Crippen LogP contribution >= 0.6 is 0 Å². The lowest BCUT2D eigenvalue weighted by Crippen LogP contribution is -2.60. The SMILES string of the molecule is C[C@](N)(NS(=O)(=O)c1ccccc1)C(=O)OC(=O)c1cc2cc(OCC3CCNCC3)ccc2[nH]1. The van der Waals surface area contributed by atoms with E-state index in [1.807, 2.05) is 0 Å². The third-order valence-electron chi connectivity index (χ3n) is 5.77. The first kappa shape index (κ1) is 24.9. The molecule has 1 saturated heterocycles. The number of carbonyl (C=O) groups is 2. The molecule has 3 aromatic rings. The van der Waals surface area contributed by atoms with Crippen LogP contribution in [-0.4, -0.2) is 50.7 Å². The normalized spacial score (nSPS) is 16.5. The predicted molar refractivity (Wildman–Crippen MR) is 129 cm³/mol. The van der Waals surface area contributed by atoms with Crippen LogP contribution in [0.15, 0.2) is 59.5 Å². The highest BCUT2D eigenvalue weighted by molar-refractivity contribution is 7.89. The first-order chi connectivity index (χ1) is 16.6. The molecule has 2 aromatic carbocycles. The highest BCUT2D eigenvalue weighted by Gasteiger charge is 2.37. The van der Waals surface area contributed by atoms with Gasteiger partial charge in [0.15, 0.2) is 5.66 Å². The van der Waals surface area contributed by atoms with E-state index in [0.717, 1.165) is 32.9 Å². The highest BCUT2D eigenvalue weighted by Crippen LogP contribution is 2.24. The summed E-state index contributed by atoms with van der Waals surface area (Å²) in [4.78, 5) is 27.9. The quantitative estimate of drug-likeness (QED) is 0.208. The number of benzene rings is 2. The van der Waals surface area contributed by atoms with Crippen LogP contribution in [0.2, 0.25) is 0 Å². The molecule has 1 aliphatic rings. The van der Waals surface area contributed by atoms with E-state index in [9.17, 15) is 18.0 Å². The molecule has 0 saturated carbocycles. The first-order valence-corrected chi connectivity index (χ1v) is 12.7. The summed E-state index contributed by atoms with van der Waals surface area (Å²) in [7, 11) is -4.11. The van der Waals surface area contributed by atoms with Gasteiger partial charge in [-0.05, 0) is 75.2 Å². The van der Waals surface area contributed by atoms with Crippen molar-refractivity contribution >= 4 is 32.9 Å². The van der Waals surface area contributed by atoms with E-state index in [-0.39, 0.29) is 10.6 Å². The number of fused-ring (bicyclic) bond motifs is 1. The minimum absolute atomic E-state index is 0.0190. The Labute approximate surface area is 203 Å². The molecule has 1 aliphatic heterocycles. The van der Waals surface area contributed by atoms with Crippen molar-refractivity contribution in [1.82, 2.24) is 15.0 Å². The summed E-state index contributed by atoms with van der Waals surface area (Å²) in [5, 5.41) is 4.02.